The van der Waals surface area contributed by atoms with Gasteiger partial charge in [0.2, 0.25) is 5.91 Å². The largest absolute Gasteiger partial charge is 0.449 e. The maximum atomic E-state index is 12.1. The molecule has 3 atom stereocenters. The van der Waals surface area contributed by atoms with Gasteiger partial charge in [-0.05, 0) is 48.3 Å². The van der Waals surface area contributed by atoms with Crippen LogP contribution in [0, 0.1) is 29.6 Å². The van der Waals surface area contributed by atoms with E-state index in [9.17, 15) is 19.2 Å². The molecular weight excluding hydrogens is 462 g/mol. The van der Waals surface area contributed by atoms with Crippen molar-refractivity contribution in [2.75, 3.05) is 37.8 Å². The van der Waals surface area contributed by atoms with Crippen LogP contribution in [0.1, 0.15) is 31.2 Å². The Hall–Kier alpha value is -3.64. The third-order valence-electron chi connectivity index (χ3n) is 6.70. The lowest BCUT2D eigenvalue weighted by Gasteiger charge is -2.14. The first kappa shape index (κ1) is 25.5. The maximum absolute atomic E-state index is 12.1. The number of fused-ring (bicyclic) bond motifs is 1. The molecule has 0 aromatic heterocycles. The van der Waals surface area contributed by atoms with E-state index in [4.69, 9.17) is 9.47 Å². The molecule has 1 aromatic carbocycles. The topological polar surface area (TPSA) is 114 Å². The highest BCUT2D eigenvalue weighted by Gasteiger charge is 2.49. The van der Waals surface area contributed by atoms with Crippen LogP contribution in [0.4, 0.5) is 10.5 Å². The number of nitrogens with one attached hydrogen (secondary N) is 2. The molecule has 2 N–H and O–H groups in total. The van der Waals surface area contributed by atoms with Crippen LogP contribution < -0.4 is 15.5 Å². The van der Waals surface area contributed by atoms with E-state index in [-0.39, 0.29) is 24.1 Å². The van der Waals surface area contributed by atoms with E-state index in [0.29, 0.717) is 56.4 Å². The molecule has 2 aliphatic carbocycles. The Morgan fingerprint density at radius 2 is 1.53 bits per heavy atom. The second-order valence-electron chi connectivity index (χ2n) is 9.10. The lowest BCUT2D eigenvalue weighted by molar-refractivity contribution is -0.121. The minimum Gasteiger partial charge on any atom is -0.449 e. The number of imide groups is 1. The summed E-state index contributed by atoms with van der Waals surface area (Å²) >= 11 is 0. The minimum absolute atomic E-state index is 0.165. The van der Waals surface area contributed by atoms with Gasteiger partial charge in [0.25, 0.3) is 11.8 Å². The molecule has 1 saturated carbocycles. The number of ether oxygens (including phenoxy) is 2. The quantitative estimate of drug-likeness (QED) is 0.277. The molecule has 0 spiro atoms. The molecule has 1 heterocycles. The average Bonchev–Trinajstić information content (AvgIpc) is 3.37. The van der Waals surface area contributed by atoms with Gasteiger partial charge in [0.15, 0.2) is 0 Å². The van der Waals surface area contributed by atoms with Crippen LogP contribution in [-0.2, 0) is 30.3 Å². The van der Waals surface area contributed by atoms with Crippen LogP contribution in [0.15, 0.2) is 36.4 Å². The average molecular weight is 494 g/mol. The molecule has 9 heteroatoms. The molecule has 1 unspecified atom stereocenters. The molecule has 1 fully saturated rings. The second-order valence-corrected chi connectivity index (χ2v) is 9.10. The summed E-state index contributed by atoms with van der Waals surface area (Å²) < 4.78 is 10.8. The van der Waals surface area contributed by atoms with Crippen LogP contribution in [0.5, 0.6) is 0 Å². The molecule has 190 valence electrons. The fourth-order valence-electron chi connectivity index (χ4n) is 4.76. The van der Waals surface area contributed by atoms with Gasteiger partial charge in [-0.25, -0.2) is 9.69 Å². The Kier molecular flexibility index (Phi) is 8.74. The molecule has 1 aliphatic heterocycles. The van der Waals surface area contributed by atoms with E-state index < -0.39 is 6.09 Å². The molecule has 0 bridgehead atoms. The SMILES string of the molecule is O=C(Cc1ccc(N2C(=O)C=CC2=O)cc1)NCCOCCNC(=O)OCC1[C@H]2CCC#CCC[C@@H]12. The number of nitrogens with zero attached hydrogens (tertiary/aromatic N) is 1. The van der Waals surface area contributed by atoms with Crippen molar-refractivity contribution in [3.8, 4) is 11.8 Å². The van der Waals surface area contributed by atoms with E-state index in [1.165, 1.54) is 12.2 Å². The molecule has 4 amide bonds. The van der Waals surface area contributed by atoms with Crippen molar-refractivity contribution in [3.05, 3.63) is 42.0 Å². The number of carbonyl (C=O) groups is 4. The monoisotopic (exact) mass is 493 g/mol. The van der Waals surface area contributed by atoms with Crippen LogP contribution in [-0.4, -0.2) is 56.7 Å². The Bertz CT molecular complexity index is 1040. The van der Waals surface area contributed by atoms with Crippen molar-refractivity contribution in [1.82, 2.24) is 10.6 Å². The van der Waals surface area contributed by atoms with Crippen LogP contribution in [0.3, 0.4) is 0 Å². The number of benzene rings is 1. The fourth-order valence-corrected chi connectivity index (χ4v) is 4.76. The predicted octanol–water partition coefficient (Wildman–Crippen LogP) is 1.96. The fraction of sp³-hybridized carbons (Fsp3) is 0.481. The number of rotatable bonds is 11. The number of carbonyl (C=O) groups excluding carboxylic acids is 4. The number of alkyl carbamates (subject to hydrolysis) is 1. The van der Waals surface area contributed by atoms with Gasteiger partial charge in [-0.15, -0.1) is 11.8 Å². The van der Waals surface area contributed by atoms with Gasteiger partial charge in [-0.2, -0.15) is 0 Å². The Morgan fingerprint density at radius 3 is 2.17 bits per heavy atom. The van der Waals surface area contributed by atoms with E-state index in [2.05, 4.69) is 22.5 Å². The smallest absolute Gasteiger partial charge is 0.407 e. The first-order chi connectivity index (χ1) is 17.5. The molecule has 9 nitrogen and oxygen atoms in total. The Balaban J connectivity index is 1.01. The van der Waals surface area contributed by atoms with Crippen LogP contribution in [0.25, 0.3) is 0 Å². The number of anilines is 1. The van der Waals surface area contributed by atoms with E-state index in [1.807, 2.05) is 0 Å². The first-order valence-corrected chi connectivity index (χ1v) is 12.4. The summed E-state index contributed by atoms with van der Waals surface area (Å²) in [6.07, 6.45) is 6.29. The molecule has 4 rings (SSSR count). The summed E-state index contributed by atoms with van der Waals surface area (Å²) in [4.78, 5) is 48.5. The maximum Gasteiger partial charge on any atom is 0.407 e. The van der Waals surface area contributed by atoms with Crippen molar-refractivity contribution in [2.24, 2.45) is 17.8 Å². The van der Waals surface area contributed by atoms with E-state index in [1.54, 1.807) is 24.3 Å². The summed E-state index contributed by atoms with van der Waals surface area (Å²) in [5.41, 5.74) is 1.23. The minimum atomic E-state index is -0.428. The highest BCUT2D eigenvalue weighted by atomic mass is 16.5. The summed E-state index contributed by atoms with van der Waals surface area (Å²) in [6.45, 7) is 1.78. The van der Waals surface area contributed by atoms with Gasteiger partial charge in [0.05, 0.1) is 31.9 Å². The van der Waals surface area contributed by atoms with Gasteiger partial charge in [-0.3, -0.25) is 14.4 Å². The third kappa shape index (κ3) is 6.95. The molecule has 1 aromatic rings. The van der Waals surface area contributed by atoms with Gasteiger partial charge in [-0.1, -0.05) is 12.1 Å². The zero-order valence-electron chi connectivity index (χ0n) is 20.2. The van der Waals surface area contributed by atoms with Gasteiger partial charge in [0, 0.05) is 38.1 Å². The molecule has 0 radical (unpaired) electrons. The van der Waals surface area contributed by atoms with Crippen molar-refractivity contribution in [3.63, 3.8) is 0 Å². The van der Waals surface area contributed by atoms with Crippen molar-refractivity contribution in [2.45, 2.75) is 32.1 Å². The molecule has 36 heavy (non-hydrogen) atoms. The van der Waals surface area contributed by atoms with Crippen molar-refractivity contribution >= 4 is 29.5 Å². The molecular formula is C27H31N3O6. The lowest BCUT2D eigenvalue weighted by Crippen LogP contribution is -2.31. The zero-order chi connectivity index (χ0) is 25.3. The summed E-state index contributed by atoms with van der Waals surface area (Å²) in [5.74, 6) is 7.19. The Labute approximate surface area is 210 Å². The zero-order valence-corrected chi connectivity index (χ0v) is 20.2. The molecule has 3 aliphatic rings. The summed E-state index contributed by atoms with van der Waals surface area (Å²) in [5, 5.41) is 5.46. The number of amides is 4. The van der Waals surface area contributed by atoms with Gasteiger partial charge in [0.1, 0.15) is 0 Å². The highest BCUT2D eigenvalue weighted by Crippen LogP contribution is 2.52. The summed E-state index contributed by atoms with van der Waals surface area (Å²) in [6, 6.07) is 6.70. The highest BCUT2D eigenvalue weighted by molar-refractivity contribution is 6.28. The Morgan fingerprint density at radius 1 is 0.917 bits per heavy atom. The first-order valence-electron chi connectivity index (χ1n) is 12.4. The third-order valence-corrected chi connectivity index (χ3v) is 6.70. The summed E-state index contributed by atoms with van der Waals surface area (Å²) in [7, 11) is 0. The number of hydrogen-bond donors (Lipinski definition) is 2. The predicted molar refractivity (Wildman–Crippen MR) is 132 cm³/mol. The second kappa shape index (κ2) is 12.4. The van der Waals surface area contributed by atoms with Crippen molar-refractivity contribution < 1.29 is 28.7 Å². The van der Waals surface area contributed by atoms with E-state index in [0.717, 1.165) is 36.1 Å². The number of hydrogen-bond acceptors (Lipinski definition) is 6. The van der Waals surface area contributed by atoms with Crippen LogP contribution >= 0.6 is 0 Å². The van der Waals surface area contributed by atoms with Crippen LogP contribution in [0.2, 0.25) is 0 Å². The molecule has 0 saturated heterocycles. The lowest BCUT2D eigenvalue weighted by atomic mass is 10.1. The van der Waals surface area contributed by atoms with Crippen molar-refractivity contribution in [1.29, 1.82) is 0 Å². The van der Waals surface area contributed by atoms with E-state index >= 15 is 0 Å². The van der Waals surface area contributed by atoms with Gasteiger partial charge < -0.3 is 20.1 Å². The standard InChI is InChI=1S/C27H31N3O6/c31-24(17-19-7-9-20(10-8-19)30-25(32)11-12-26(30)33)28-13-15-35-16-14-29-27(34)36-18-23-21-5-3-1-2-4-6-22(21)23/h7-12,21-23H,3-6,13-18H2,(H,28,31)(H,29,34)/t21-,22+,23?. The van der Waals surface area contributed by atoms with Gasteiger partial charge >= 0.3 is 6.09 Å². The normalized spacial score (nSPS) is 22.1.